The summed E-state index contributed by atoms with van der Waals surface area (Å²) in [7, 11) is 0. The van der Waals surface area contributed by atoms with Crippen LogP contribution < -0.4 is 10.6 Å². The Morgan fingerprint density at radius 2 is 2.33 bits per heavy atom. The summed E-state index contributed by atoms with van der Waals surface area (Å²) in [5, 5.41) is 0.262. The Labute approximate surface area is 94.5 Å². The van der Waals surface area contributed by atoms with E-state index in [1.807, 2.05) is 4.90 Å². The Kier molecular flexibility index (Phi) is 4.19. The van der Waals surface area contributed by atoms with Crippen LogP contribution in [0, 0.1) is 12.3 Å². The molecule has 0 aliphatic heterocycles. The summed E-state index contributed by atoms with van der Waals surface area (Å²) < 4.78 is 0. The van der Waals surface area contributed by atoms with Gasteiger partial charge in [0.05, 0.1) is 6.54 Å². The number of halogens is 1. The van der Waals surface area contributed by atoms with E-state index in [-0.39, 0.29) is 5.15 Å². The summed E-state index contributed by atoms with van der Waals surface area (Å²) >= 11 is 5.80. The summed E-state index contributed by atoms with van der Waals surface area (Å²) in [6.45, 7) is 3.32. The van der Waals surface area contributed by atoms with Gasteiger partial charge >= 0.3 is 0 Å². The second kappa shape index (κ2) is 5.42. The van der Waals surface area contributed by atoms with Gasteiger partial charge in [0.1, 0.15) is 12.0 Å². The average Bonchev–Trinajstić information content (AvgIpc) is 2.22. The lowest BCUT2D eigenvalue weighted by molar-refractivity contribution is 0.808. The van der Waals surface area contributed by atoms with Crippen molar-refractivity contribution in [1.82, 2.24) is 9.97 Å². The van der Waals surface area contributed by atoms with Crippen LogP contribution in [0.5, 0.6) is 0 Å². The molecule has 4 nitrogen and oxygen atoms in total. The number of rotatable bonds is 4. The van der Waals surface area contributed by atoms with Crippen LogP contribution in [0.15, 0.2) is 6.33 Å². The van der Waals surface area contributed by atoms with Gasteiger partial charge in [0.25, 0.3) is 0 Å². The van der Waals surface area contributed by atoms with E-state index in [2.05, 4.69) is 22.8 Å². The molecule has 0 aliphatic rings. The van der Waals surface area contributed by atoms with E-state index >= 15 is 0 Å². The molecule has 0 saturated heterocycles. The Morgan fingerprint density at radius 1 is 1.60 bits per heavy atom. The smallest absolute Gasteiger partial charge is 0.157 e. The highest BCUT2D eigenvalue weighted by molar-refractivity contribution is 6.32. The second-order valence-corrected chi connectivity index (χ2v) is 3.39. The van der Waals surface area contributed by atoms with E-state index < -0.39 is 0 Å². The van der Waals surface area contributed by atoms with Crippen LogP contribution in [0.4, 0.5) is 11.5 Å². The molecule has 80 valence electrons. The van der Waals surface area contributed by atoms with Gasteiger partial charge in [-0.2, -0.15) is 0 Å². The van der Waals surface area contributed by atoms with E-state index in [4.69, 9.17) is 23.8 Å². The molecule has 1 aromatic heterocycles. The monoisotopic (exact) mass is 224 g/mol. The fourth-order valence-corrected chi connectivity index (χ4v) is 1.39. The summed E-state index contributed by atoms with van der Waals surface area (Å²) in [5.41, 5.74) is 6.15. The number of hydrogen-bond acceptors (Lipinski definition) is 4. The lowest BCUT2D eigenvalue weighted by atomic mass is 10.3. The molecule has 0 amide bonds. The first kappa shape index (κ1) is 11.6. The van der Waals surface area contributed by atoms with Crippen LogP contribution in [0.3, 0.4) is 0 Å². The molecular formula is C10H13ClN4. The quantitative estimate of drug-likeness (QED) is 0.623. The minimum absolute atomic E-state index is 0.262. The molecule has 1 heterocycles. The molecule has 0 unspecified atom stereocenters. The van der Waals surface area contributed by atoms with Gasteiger partial charge in [0, 0.05) is 6.54 Å². The van der Waals surface area contributed by atoms with Crippen molar-refractivity contribution >= 4 is 23.1 Å². The molecule has 1 aromatic rings. The zero-order valence-corrected chi connectivity index (χ0v) is 9.33. The van der Waals surface area contributed by atoms with E-state index in [0.29, 0.717) is 18.1 Å². The lowest BCUT2D eigenvalue weighted by Crippen LogP contribution is -2.26. The Hall–Kier alpha value is -1.47. The molecule has 0 saturated carbocycles. The molecule has 0 radical (unpaired) electrons. The molecule has 5 heteroatoms. The van der Waals surface area contributed by atoms with Gasteiger partial charge in [0.2, 0.25) is 0 Å². The maximum absolute atomic E-state index is 5.80. The highest BCUT2D eigenvalue weighted by Gasteiger charge is 2.12. The zero-order chi connectivity index (χ0) is 11.3. The average molecular weight is 225 g/mol. The van der Waals surface area contributed by atoms with Gasteiger partial charge in [0.15, 0.2) is 11.0 Å². The number of anilines is 2. The first-order chi connectivity index (χ1) is 7.20. The largest absolute Gasteiger partial charge is 0.393 e. The maximum atomic E-state index is 5.80. The Morgan fingerprint density at radius 3 is 2.93 bits per heavy atom. The van der Waals surface area contributed by atoms with E-state index in [1.165, 1.54) is 6.33 Å². The summed E-state index contributed by atoms with van der Waals surface area (Å²) in [6, 6.07) is 0. The van der Waals surface area contributed by atoms with Crippen LogP contribution in [0.1, 0.15) is 13.3 Å². The van der Waals surface area contributed by atoms with Crippen LogP contribution in [0.2, 0.25) is 5.15 Å². The third-order valence-electron chi connectivity index (χ3n) is 1.89. The topological polar surface area (TPSA) is 55.0 Å². The molecule has 1 rings (SSSR count). The number of nitrogens with zero attached hydrogens (tertiary/aromatic N) is 3. The highest BCUT2D eigenvalue weighted by Crippen LogP contribution is 2.25. The highest BCUT2D eigenvalue weighted by atomic mass is 35.5. The first-order valence-corrected chi connectivity index (χ1v) is 5.02. The Bertz CT molecular complexity index is 372. The molecule has 2 N–H and O–H groups in total. The molecule has 0 aliphatic carbocycles. The molecule has 0 bridgehead atoms. The molecule has 0 fully saturated rings. The standard InChI is InChI=1S/C10H13ClN4/c1-3-5-15(6-4-2)10-8(12)9(11)13-7-14-10/h1,7H,4-6,12H2,2H3. The van der Waals surface area contributed by atoms with Gasteiger partial charge in [-0.25, -0.2) is 9.97 Å². The van der Waals surface area contributed by atoms with Gasteiger partial charge in [-0.3, -0.25) is 0 Å². The summed E-state index contributed by atoms with van der Waals surface area (Å²) in [5.74, 6) is 3.17. The van der Waals surface area contributed by atoms with E-state index in [0.717, 1.165) is 13.0 Å². The van der Waals surface area contributed by atoms with Crippen molar-refractivity contribution in [3.8, 4) is 12.3 Å². The van der Waals surface area contributed by atoms with Crippen molar-refractivity contribution in [1.29, 1.82) is 0 Å². The minimum Gasteiger partial charge on any atom is -0.393 e. The number of terminal acetylenes is 1. The minimum atomic E-state index is 0.262. The molecule has 0 spiro atoms. The number of nitrogens with two attached hydrogens (primary N) is 1. The van der Waals surface area contributed by atoms with E-state index in [1.54, 1.807) is 0 Å². The number of nitrogen functional groups attached to an aromatic ring is 1. The van der Waals surface area contributed by atoms with Gasteiger partial charge in [-0.05, 0) is 6.42 Å². The van der Waals surface area contributed by atoms with Crippen LogP contribution in [0.25, 0.3) is 0 Å². The normalized spacial score (nSPS) is 9.67. The van der Waals surface area contributed by atoms with Gasteiger partial charge < -0.3 is 10.6 Å². The molecule has 0 aromatic carbocycles. The van der Waals surface area contributed by atoms with E-state index in [9.17, 15) is 0 Å². The SMILES string of the molecule is C#CCN(CCC)c1ncnc(Cl)c1N. The Balaban J connectivity index is 3.00. The molecule has 15 heavy (non-hydrogen) atoms. The summed E-state index contributed by atoms with van der Waals surface area (Å²) in [4.78, 5) is 9.79. The third kappa shape index (κ3) is 2.74. The fraction of sp³-hybridized carbons (Fsp3) is 0.400. The van der Waals surface area contributed by atoms with Gasteiger partial charge in [-0.1, -0.05) is 24.4 Å². The maximum Gasteiger partial charge on any atom is 0.157 e. The van der Waals surface area contributed by atoms with Crippen molar-refractivity contribution in [2.45, 2.75) is 13.3 Å². The first-order valence-electron chi connectivity index (χ1n) is 4.65. The number of aromatic nitrogens is 2. The van der Waals surface area contributed by atoms with Crippen molar-refractivity contribution < 1.29 is 0 Å². The van der Waals surface area contributed by atoms with Crippen LogP contribution >= 0.6 is 11.6 Å². The van der Waals surface area contributed by atoms with Crippen LogP contribution in [-0.2, 0) is 0 Å². The van der Waals surface area contributed by atoms with Crippen molar-refractivity contribution in [2.24, 2.45) is 0 Å². The lowest BCUT2D eigenvalue weighted by Gasteiger charge is -2.21. The predicted octanol–water partition coefficient (Wildman–Crippen LogP) is 1.56. The molecular weight excluding hydrogens is 212 g/mol. The number of hydrogen-bond donors (Lipinski definition) is 1. The van der Waals surface area contributed by atoms with Crippen molar-refractivity contribution in [2.75, 3.05) is 23.7 Å². The van der Waals surface area contributed by atoms with Gasteiger partial charge in [-0.15, -0.1) is 6.42 Å². The third-order valence-corrected chi connectivity index (χ3v) is 2.19. The predicted molar refractivity (Wildman–Crippen MR) is 62.8 cm³/mol. The summed E-state index contributed by atoms with van der Waals surface area (Å²) in [6.07, 6.45) is 7.62. The van der Waals surface area contributed by atoms with Crippen molar-refractivity contribution in [3.63, 3.8) is 0 Å². The van der Waals surface area contributed by atoms with Crippen LogP contribution in [-0.4, -0.2) is 23.1 Å². The van der Waals surface area contributed by atoms with Crippen molar-refractivity contribution in [3.05, 3.63) is 11.5 Å². The molecule has 0 atom stereocenters. The second-order valence-electron chi connectivity index (χ2n) is 3.03. The fourth-order valence-electron chi connectivity index (χ4n) is 1.26. The zero-order valence-electron chi connectivity index (χ0n) is 8.57.